The van der Waals surface area contributed by atoms with Gasteiger partial charge in [-0.3, -0.25) is 4.79 Å². The molecule has 1 amide bonds. The zero-order valence-electron chi connectivity index (χ0n) is 14.1. The predicted molar refractivity (Wildman–Crippen MR) is 96.5 cm³/mol. The Morgan fingerprint density at radius 3 is 2.64 bits per heavy atom. The van der Waals surface area contributed by atoms with E-state index in [0.717, 1.165) is 11.3 Å². The van der Waals surface area contributed by atoms with Gasteiger partial charge in [0.15, 0.2) is 6.10 Å². The molecule has 0 aliphatic rings. The molecule has 25 heavy (non-hydrogen) atoms. The Morgan fingerprint density at radius 1 is 1.40 bits per heavy atom. The van der Waals surface area contributed by atoms with Crippen molar-refractivity contribution in [2.75, 3.05) is 0 Å². The number of aromatic carboxylic acids is 1. The van der Waals surface area contributed by atoms with Gasteiger partial charge in [0.1, 0.15) is 15.6 Å². The van der Waals surface area contributed by atoms with Crippen molar-refractivity contribution in [3.8, 4) is 5.75 Å². The van der Waals surface area contributed by atoms with Crippen molar-refractivity contribution in [3.63, 3.8) is 0 Å². The molecule has 2 aromatic rings. The van der Waals surface area contributed by atoms with Crippen molar-refractivity contribution < 1.29 is 19.4 Å². The summed E-state index contributed by atoms with van der Waals surface area (Å²) in [7, 11) is 0. The molecule has 2 unspecified atom stereocenters. The molecule has 0 saturated heterocycles. The number of para-hydroxylation sites is 1. The summed E-state index contributed by atoms with van der Waals surface area (Å²) in [5.41, 5.74) is 0.438. The number of rotatable bonds is 7. The maximum atomic E-state index is 12.5. The van der Waals surface area contributed by atoms with E-state index in [1.165, 1.54) is 0 Å². The largest absolute Gasteiger partial charge is 0.479 e. The molecule has 0 radical (unpaired) electrons. The number of hydrogen-bond acceptors (Lipinski definition) is 5. The van der Waals surface area contributed by atoms with E-state index in [1.807, 2.05) is 6.92 Å². The minimum absolute atomic E-state index is 0.176. The Balaban J connectivity index is 2.07. The standard InChI is InChI=1S/C17H19ClN2O4S/c1-4-12(24-13-8-6-5-7-11(13)18)15(21)19-10(3)16-20-9(2)14(25-16)17(22)23/h5-8,10,12H,4H2,1-3H3,(H,19,21)(H,22,23). The van der Waals surface area contributed by atoms with Gasteiger partial charge in [0.05, 0.1) is 16.8 Å². The number of carboxylic acids is 1. The van der Waals surface area contributed by atoms with E-state index in [1.54, 1.807) is 38.1 Å². The lowest BCUT2D eigenvalue weighted by Gasteiger charge is -2.20. The van der Waals surface area contributed by atoms with Crippen molar-refractivity contribution >= 4 is 34.8 Å². The molecule has 134 valence electrons. The molecule has 1 aromatic carbocycles. The molecular formula is C17H19ClN2O4S. The third-order valence-electron chi connectivity index (χ3n) is 3.51. The lowest BCUT2D eigenvalue weighted by Crippen LogP contribution is -2.39. The first-order valence-electron chi connectivity index (χ1n) is 7.75. The molecule has 0 spiro atoms. The van der Waals surface area contributed by atoms with Crippen molar-refractivity contribution in [1.29, 1.82) is 0 Å². The lowest BCUT2D eigenvalue weighted by molar-refractivity contribution is -0.128. The van der Waals surface area contributed by atoms with Crippen molar-refractivity contribution in [2.45, 2.75) is 39.3 Å². The minimum atomic E-state index is -1.02. The molecule has 6 nitrogen and oxygen atoms in total. The van der Waals surface area contributed by atoms with Crippen LogP contribution in [0.1, 0.15) is 46.7 Å². The van der Waals surface area contributed by atoms with Crippen LogP contribution in [0.3, 0.4) is 0 Å². The summed E-state index contributed by atoms with van der Waals surface area (Å²) in [6.07, 6.45) is -0.247. The highest BCUT2D eigenvalue weighted by Crippen LogP contribution is 2.26. The van der Waals surface area contributed by atoms with Crippen LogP contribution in [0.4, 0.5) is 0 Å². The van der Waals surface area contributed by atoms with Crippen molar-refractivity contribution in [2.24, 2.45) is 0 Å². The maximum Gasteiger partial charge on any atom is 0.347 e. The van der Waals surface area contributed by atoms with E-state index >= 15 is 0 Å². The second-order valence-electron chi connectivity index (χ2n) is 5.45. The van der Waals surface area contributed by atoms with E-state index < -0.39 is 18.1 Å². The van der Waals surface area contributed by atoms with E-state index in [0.29, 0.717) is 27.9 Å². The maximum absolute atomic E-state index is 12.5. The van der Waals surface area contributed by atoms with Crippen molar-refractivity contribution in [3.05, 3.63) is 44.9 Å². The van der Waals surface area contributed by atoms with Crippen molar-refractivity contribution in [1.82, 2.24) is 10.3 Å². The molecule has 0 fully saturated rings. The fourth-order valence-corrected chi connectivity index (χ4v) is 3.27. The normalized spacial score (nSPS) is 13.1. The van der Waals surface area contributed by atoms with Gasteiger partial charge in [0.2, 0.25) is 0 Å². The summed E-state index contributed by atoms with van der Waals surface area (Å²) >= 11 is 7.12. The van der Waals surface area contributed by atoms with Gasteiger partial charge in [0.25, 0.3) is 5.91 Å². The van der Waals surface area contributed by atoms with Gasteiger partial charge < -0.3 is 15.2 Å². The Hall–Kier alpha value is -2.12. The number of nitrogens with one attached hydrogen (secondary N) is 1. The summed E-state index contributed by atoms with van der Waals surface area (Å²) < 4.78 is 5.71. The summed E-state index contributed by atoms with van der Waals surface area (Å²) in [6.45, 7) is 5.22. The summed E-state index contributed by atoms with van der Waals surface area (Å²) in [5.74, 6) is -0.884. The Kier molecular flexibility index (Phi) is 6.39. The number of nitrogens with zero attached hydrogens (tertiary/aromatic N) is 1. The average molecular weight is 383 g/mol. The molecule has 0 aliphatic heterocycles. The van der Waals surface area contributed by atoms with Gasteiger partial charge in [-0.15, -0.1) is 11.3 Å². The zero-order chi connectivity index (χ0) is 18.6. The number of carbonyl (C=O) groups is 2. The van der Waals surface area contributed by atoms with Crippen LogP contribution in [0.2, 0.25) is 5.02 Å². The third-order valence-corrected chi connectivity index (χ3v) is 5.15. The molecule has 2 rings (SSSR count). The quantitative estimate of drug-likeness (QED) is 0.759. The number of ether oxygens (including phenoxy) is 1. The molecule has 0 aliphatic carbocycles. The summed E-state index contributed by atoms with van der Waals surface area (Å²) in [6, 6.07) is 6.53. The molecule has 0 saturated carbocycles. The first-order chi connectivity index (χ1) is 11.8. The fourth-order valence-electron chi connectivity index (χ4n) is 2.18. The number of carbonyl (C=O) groups excluding carboxylic acids is 1. The molecule has 2 N–H and O–H groups in total. The number of aromatic nitrogens is 1. The lowest BCUT2D eigenvalue weighted by atomic mass is 10.2. The van der Waals surface area contributed by atoms with Crippen LogP contribution in [-0.2, 0) is 4.79 Å². The van der Waals surface area contributed by atoms with E-state index in [9.17, 15) is 9.59 Å². The highest BCUT2D eigenvalue weighted by Gasteiger charge is 2.24. The van der Waals surface area contributed by atoms with E-state index in [4.69, 9.17) is 21.4 Å². The second kappa shape index (κ2) is 8.31. The van der Waals surface area contributed by atoms with Gasteiger partial charge >= 0.3 is 5.97 Å². The monoisotopic (exact) mass is 382 g/mol. The molecule has 8 heteroatoms. The third kappa shape index (κ3) is 4.70. The van der Waals surface area contributed by atoms with Crippen LogP contribution in [-0.4, -0.2) is 28.1 Å². The SMILES string of the molecule is CCC(Oc1ccccc1Cl)C(=O)NC(C)c1nc(C)c(C(=O)O)s1. The highest BCUT2D eigenvalue weighted by atomic mass is 35.5. The Bertz CT molecular complexity index is 778. The van der Waals surface area contributed by atoms with Gasteiger partial charge in [-0.05, 0) is 32.4 Å². The van der Waals surface area contributed by atoms with Gasteiger partial charge in [-0.2, -0.15) is 0 Å². The second-order valence-corrected chi connectivity index (χ2v) is 6.89. The highest BCUT2D eigenvalue weighted by molar-refractivity contribution is 7.13. The van der Waals surface area contributed by atoms with Crippen LogP contribution in [0.15, 0.2) is 24.3 Å². The van der Waals surface area contributed by atoms with Crippen LogP contribution < -0.4 is 10.1 Å². The molecule has 2 atom stereocenters. The first kappa shape index (κ1) is 19.2. The molecule has 1 heterocycles. The Labute approximate surface area is 154 Å². The molecule has 0 bridgehead atoms. The average Bonchev–Trinajstić information content (AvgIpc) is 2.96. The van der Waals surface area contributed by atoms with Gasteiger partial charge in [-0.1, -0.05) is 30.7 Å². The number of carboxylic acid groups (broad SMARTS) is 1. The van der Waals surface area contributed by atoms with E-state index in [-0.39, 0.29) is 10.8 Å². The number of aryl methyl sites for hydroxylation is 1. The van der Waals surface area contributed by atoms with Crippen LogP contribution in [0.25, 0.3) is 0 Å². The first-order valence-corrected chi connectivity index (χ1v) is 8.95. The number of halogens is 1. The molecular weight excluding hydrogens is 364 g/mol. The topological polar surface area (TPSA) is 88.5 Å². The number of hydrogen-bond donors (Lipinski definition) is 2. The van der Waals surface area contributed by atoms with E-state index in [2.05, 4.69) is 10.3 Å². The number of thiazole rings is 1. The fraction of sp³-hybridized carbons (Fsp3) is 0.353. The predicted octanol–water partition coefficient (Wildman–Crippen LogP) is 3.84. The smallest absolute Gasteiger partial charge is 0.347 e. The summed E-state index contributed by atoms with van der Waals surface area (Å²) in [4.78, 5) is 28.0. The minimum Gasteiger partial charge on any atom is -0.479 e. The molecule has 1 aromatic heterocycles. The van der Waals surface area contributed by atoms with Crippen LogP contribution >= 0.6 is 22.9 Å². The number of benzene rings is 1. The zero-order valence-corrected chi connectivity index (χ0v) is 15.6. The van der Waals surface area contributed by atoms with Gasteiger partial charge in [-0.25, -0.2) is 9.78 Å². The van der Waals surface area contributed by atoms with Crippen LogP contribution in [0.5, 0.6) is 5.75 Å². The van der Waals surface area contributed by atoms with Gasteiger partial charge in [0, 0.05) is 0 Å². The number of amides is 1. The summed E-state index contributed by atoms with van der Waals surface area (Å²) in [5, 5.41) is 12.9. The van der Waals surface area contributed by atoms with Crippen LogP contribution in [0, 0.1) is 6.92 Å². The Morgan fingerprint density at radius 2 is 2.08 bits per heavy atom.